The van der Waals surface area contributed by atoms with E-state index in [1.165, 1.54) is 0 Å². The summed E-state index contributed by atoms with van der Waals surface area (Å²) < 4.78 is 7.20. The van der Waals surface area contributed by atoms with Gasteiger partial charge in [0.25, 0.3) is 5.56 Å². The van der Waals surface area contributed by atoms with Gasteiger partial charge in [-0.15, -0.1) is 0 Å². The fraction of sp³-hybridized carbons (Fsp3) is 0.385. The predicted molar refractivity (Wildman–Crippen MR) is 64.9 cm³/mol. The number of benzene rings is 1. The molecule has 0 spiro atoms. The first kappa shape index (κ1) is 10.5. The lowest BCUT2D eigenvalue weighted by atomic mass is 10.1. The zero-order valence-electron chi connectivity index (χ0n) is 9.72. The first-order chi connectivity index (χ1) is 8.27. The van der Waals surface area contributed by atoms with Crippen LogP contribution in [0.2, 0.25) is 0 Å². The van der Waals surface area contributed by atoms with Crippen LogP contribution in [0.15, 0.2) is 29.1 Å². The van der Waals surface area contributed by atoms with E-state index < -0.39 is 0 Å². The highest BCUT2D eigenvalue weighted by molar-refractivity contribution is 5.74. The summed E-state index contributed by atoms with van der Waals surface area (Å²) in [6, 6.07) is 7.67. The standard InChI is InChI=1S/C13H14N2O2/c1-15-10-6-3-2-5-9(10)14-12(13(15)16)11-7-4-8-17-11/h2-3,5-6,11H,4,7-8H2,1H3/t11-/m0/s1. The normalized spacial score (nSPS) is 19.9. The Kier molecular flexibility index (Phi) is 2.44. The molecule has 4 heteroatoms. The summed E-state index contributed by atoms with van der Waals surface area (Å²) in [6.07, 6.45) is 1.77. The van der Waals surface area contributed by atoms with E-state index in [1.54, 1.807) is 11.6 Å². The lowest BCUT2D eigenvalue weighted by molar-refractivity contribution is 0.107. The van der Waals surface area contributed by atoms with E-state index >= 15 is 0 Å². The van der Waals surface area contributed by atoms with Gasteiger partial charge in [-0.1, -0.05) is 12.1 Å². The van der Waals surface area contributed by atoms with Gasteiger partial charge in [0.05, 0.1) is 11.0 Å². The van der Waals surface area contributed by atoms with Crippen molar-refractivity contribution in [3.05, 3.63) is 40.3 Å². The number of nitrogens with zero attached hydrogens (tertiary/aromatic N) is 2. The Balaban J connectivity index is 2.25. The third-order valence-electron chi connectivity index (χ3n) is 3.24. The number of fused-ring (bicyclic) bond motifs is 1. The van der Waals surface area contributed by atoms with Crippen molar-refractivity contribution in [2.75, 3.05) is 6.61 Å². The highest BCUT2D eigenvalue weighted by atomic mass is 16.5. The SMILES string of the molecule is Cn1c(=O)c([C@@H]2CCCO2)nc2ccccc21. The van der Waals surface area contributed by atoms with Crippen LogP contribution in [-0.2, 0) is 11.8 Å². The first-order valence-corrected chi connectivity index (χ1v) is 5.84. The summed E-state index contributed by atoms with van der Waals surface area (Å²) in [5, 5.41) is 0. The van der Waals surface area contributed by atoms with E-state index in [0.717, 1.165) is 30.5 Å². The van der Waals surface area contributed by atoms with Crippen LogP contribution >= 0.6 is 0 Å². The third kappa shape index (κ3) is 1.65. The second kappa shape index (κ2) is 3.96. The second-order valence-corrected chi connectivity index (χ2v) is 4.35. The number of hydrogen-bond donors (Lipinski definition) is 0. The molecule has 1 fully saturated rings. The van der Waals surface area contributed by atoms with Gasteiger partial charge in [-0.2, -0.15) is 0 Å². The summed E-state index contributed by atoms with van der Waals surface area (Å²) in [5.74, 6) is 0. The van der Waals surface area contributed by atoms with Gasteiger partial charge in [-0.25, -0.2) is 4.98 Å². The van der Waals surface area contributed by atoms with Crippen LogP contribution in [0.1, 0.15) is 24.6 Å². The van der Waals surface area contributed by atoms with Gasteiger partial charge in [-0.05, 0) is 25.0 Å². The van der Waals surface area contributed by atoms with Crippen molar-refractivity contribution in [1.29, 1.82) is 0 Å². The van der Waals surface area contributed by atoms with Crippen molar-refractivity contribution in [3.63, 3.8) is 0 Å². The largest absolute Gasteiger partial charge is 0.372 e. The van der Waals surface area contributed by atoms with E-state index in [0.29, 0.717) is 5.69 Å². The Labute approximate surface area is 98.9 Å². The van der Waals surface area contributed by atoms with Gasteiger partial charge in [0.15, 0.2) is 0 Å². The maximum Gasteiger partial charge on any atom is 0.275 e. The maximum absolute atomic E-state index is 12.2. The van der Waals surface area contributed by atoms with Crippen LogP contribution in [0, 0.1) is 0 Å². The number of aryl methyl sites for hydroxylation is 1. The Morgan fingerprint density at radius 3 is 3.00 bits per heavy atom. The summed E-state index contributed by atoms with van der Waals surface area (Å²) in [7, 11) is 1.78. The topological polar surface area (TPSA) is 44.1 Å². The van der Waals surface area contributed by atoms with Crippen LogP contribution in [-0.4, -0.2) is 16.2 Å². The molecule has 1 aliphatic rings. The van der Waals surface area contributed by atoms with Crippen LogP contribution < -0.4 is 5.56 Å². The molecular formula is C13H14N2O2. The molecule has 1 aromatic carbocycles. The molecule has 17 heavy (non-hydrogen) atoms. The number of rotatable bonds is 1. The summed E-state index contributed by atoms with van der Waals surface area (Å²) in [6.45, 7) is 0.725. The molecule has 0 saturated carbocycles. The lowest BCUT2D eigenvalue weighted by Crippen LogP contribution is -2.25. The number of ether oxygens (including phenoxy) is 1. The molecule has 1 saturated heterocycles. The van der Waals surface area contributed by atoms with Crippen molar-refractivity contribution in [2.45, 2.75) is 18.9 Å². The minimum absolute atomic E-state index is 0.0457. The zero-order valence-corrected chi connectivity index (χ0v) is 9.72. The highest BCUT2D eigenvalue weighted by Crippen LogP contribution is 2.25. The molecule has 0 aliphatic carbocycles. The van der Waals surface area contributed by atoms with E-state index in [9.17, 15) is 4.79 Å². The highest BCUT2D eigenvalue weighted by Gasteiger charge is 2.23. The molecule has 2 aromatic rings. The van der Waals surface area contributed by atoms with E-state index in [4.69, 9.17) is 4.74 Å². The van der Waals surface area contributed by atoms with Crippen molar-refractivity contribution in [3.8, 4) is 0 Å². The molecule has 3 rings (SSSR count). The van der Waals surface area contributed by atoms with Crippen LogP contribution in [0.5, 0.6) is 0 Å². The molecule has 2 heterocycles. The number of aromatic nitrogens is 2. The summed E-state index contributed by atoms with van der Waals surface area (Å²) in [4.78, 5) is 16.6. The Bertz CT molecular complexity index is 612. The lowest BCUT2D eigenvalue weighted by Gasteiger charge is -2.11. The summed E-state index contributed by atoms with van der Waals surface area (Å²) >= 11 is 0. The molecule has 0 bridgehead atoms. The van der Waals surface area contributed by atoms with Crippen LogP contribution in [0.4, 0.5) is 0 Å². The molecule has 0 radical (unpaired) electrons. The van der Waals surface area contributed by atoms with Crippen LogP contribution in [0.25, 0.3) is 11.0 Å². The van der Waals surface area contributed by atoms with Gasteiger partial charge >= 0.3 is 0 Å². The fourth-order valence-corrected chi connectivity index (χ4v) is 2.30. The van der Waals surface area contributed by atoms with Gasteiger partial charge in [0.2, 0.25) is 0 Å². The first-order valence-electron chi connectivity index (χ1n) is 5.84. The molecule has 4 nitrogen and oxygen atoms in total. The molecular weight excluding hydrogens is 216 g/mol. The minimum Gasteiger partial charge on any atom is -0.372 e. The van der Waals surface area contributed by atoms with Gasteiger partial charge in [0, 0.05) is 13.7 Å². The van der Waals surface area contributed by atoms with Crippen molar-refractivity contribution < 1.29 is 4.74 Å². The average Bonchev–Trinajstić information content (AvgIpc) is 2.87. The molecule has 1 aromatic heterocycles. The van der Waals surface area contributed by atoms with Crippen LogP contribution in [0.3, 0.4) is 0 Å². The number of hydrogen-bond acceptors (Lipinski definition) is 3. The third-order valence-corrected chi connectivity index (χ3v) is 3.24. The molecule has 88 valence electrons. The molecule has 0 unspecified atom stereocenters. The Morgan fingerprint density at radius 1 is 1.41 bits per heavy atom. The molecule has 1 atom stereocenters. The molecule has 1 aliphatic heterocycles. The smallest absolute Gasteiger partial charge is 0.275 e. The quantitative estimate of drug-likeness (QED) is 0.750. The number of para-hydroxylation sites is 2. The monoisotopic (exact) mass is 230 g/mol. The predicted octanol–water partition coefficient (Wildman–Crippen LogP) is 1.78. The van der Waals surface area contributed by atoms with Gasteiger partial charge in [0.1, 0.15) is 11.8 Å². The Morgan fingerprint density at radius 2 is 2.24 bits per heavy atom. The fourth-order valence-electron chi connectivity index (χ4n) is 2.30. The van der Waals surface area contributed by atoms with Crippen molar-refractivity contribution >= 4 is 11.0 Å². The zero-order chi connectivity index (χ0) is 11.8. The minimum atomic E-state index is -0.127. The second-order valence-electron chi connectivity index (χ2n) is 4.35. The van der Waals surface area contributed by atoms with E-state index in [1.807, 2.05) is 24.3 Å². The molecule has 0 N–H and O–H groups in total. The summed E-state index contributed by atoms with van der Waals surface area (Å²) in [5.41, 5.74) is 2.21. The van der Waals surface area contributed by atoms with Crippen molar-refractivity contribution in [2.24, 2.45) is 7.05 Å². The van der Waals surface area contributed by atoms with Crippen molar-refractivity contribution in [1.82, 2.24) is 9.55 Å². The molecule has 0 amide bonds. The van der Waals surface area contributed by atoms with E-state index in [-0.39, 0.29) is 11.7 Å². The van der Waals surface area contributed by atoms with Gasteiger partial charge in [-0.3, -0.25) is 4.79 Å². The maximum atomic E-state index is 12.2. The van der Waals surface area contributed by atoms with E-state index in [2.05, 4.69) is 4.98 Å². The average molecular weight is 230 g/mol. The Hall–Kier alpha value is -1.68. The van der Waals surface area contributed by atoms with Gasteiger partial charge < -0.3 is 9.30 Å².